The van der Waals surface area contributed by atoms with E-state index in [0.717, 1.165) is 25.8 Å². The Morgan fingerprint density at radius 3 is 2.47 bits per heavy atom. The zero-order valence-corrected chi connectivity index (χ0v) is 10.6. The third-order valence-corrected chi connectivity index (χ3v) is 2.18. The summed E-state index contributed by atoms with van der Waals surface area (Å²) in [6.07, 6.45) is 3.60. The van der Waals surface area contributed by atoms with Crippen molar-refractivity contribution in [3.63, 3.8) is 0 Å². The van der Waals surface area contributed by atoms with E-state index >= 15 is 0 Å². The topological polar surface area (TPSA) is 38.3 Å². The molecule has 1 N–H and O–H groups in total. The monoisotopic (exact) mass is 215 g/mol. The smallest absolute Gasteiger partial charge is 0.219 e. The Hall–Kier alpha value is -0.570. The summed E-state index contributed by atoms with van der Waals surface area (Å²) in [7, 11) is 1.67. The lowest BCUT2D eigenvalue weighted by Crippen LogP contribution is -2.25. The highest BCUT2D eigenvalue weighted by Gasteiger charge is 2.10. The molecule has 0 spiro atoms. The third kappa shape index (κ3) is 11.4. The minimum atomic E-state index is 0.162. The van der Waals surface area contributed by atoms with Gasteiger partial charge in [-0.05, 0) is 24.7 Å². The third-order valence-electron chi connectivity index (χ3n) is 2.18. The molecule has 0 aromatic carbocycles. The number of hydrogen-bond acceptors (Lipinski definition) is 2. The van der Waals surface area contributed by atoms with E-state index in [1.807, 2.05) is 0 Å². The van der Waals surface area contributed by atoms with Gasteiger partial charge in [0.05, 0.1) is 0 Å². The van der Waals surface area contributed by atoms with Gasteiger partial charge in [0.2, 0.25) is 5.91 Å². The zero-order valence-electron chi connectivity index (χ0n) is 10.6. The van der Waals surface area contributed by atoms with Gasteiger partial charge in [-0.25, -0.2) is 0 Å². The molecule has 3 heteroatoms. The molecule has 0 saturated carbocycles. The lowest BCUT2D eigenvalue weighted by Gasteiger charge is -2.17. The Morgan fingerprint density at radius 2 is 1.93 bits per heavy atom. The number of nitrogens with one attached hydrogen (secondary N) is 1. The number of hydrogen-bond donors (Lipinski definition) is 1. The summed E-state index contributed by atoms with van der Waals surface area (Å²) in [4.78, 5) is 11.3. The highest BCUT2D eigenvalue weighted by Crippen LogP contribution is 2.21. The van der Waals surface area contributed by atoms with Crippen molar-refractivity contribution in [2.24, 2.45) is 5.41 Å². The molecule has 0 aromatic heterocycles. The van der Waals surface area contributed by atoms with Crippen LogP contribution in [0.5, 0.6) is 0 Å². The van der Waals surface area contributed by atoms with Crippen molar-refractivity contribution >= 4 is 5.91 Å². The largest absolute Gasteiger partial charge is 0.385 e. The molecule has 0 bridgehead atoms. The number of methoxy groups -OCH3 is 1. The first-order valence-corrected chi connectivity index (χ1v) is 5.71. The quantitative estimate of drug-likeness (QED) is 0.662. The number of ether oxygens (including phenoxy) is 1. The molecule has 0 aliphatic heterocycles. The fourth-order valence-corrected chi connectivity index (χ4v) is 1.31. The lowest BCUT2D eigenvalue weighted by molar-refractivity contribution is -0.121. The van der Waals surface area contributed by atoms with Crippen LogP contribution in [-0.2, 0) is 9.53 Å². The van der Waals surface area contributed by atoms with E-state index in [-0.39, 0.29) is 5.91 Å². The molecule has 0 rings (SSSR count). The Bertz CT molecular complexity index is 173. The van der Waals surface area contributed by atoms with Gasteiger partial charge in [-0.2, -0.15) is 0 Å². The van der Waals surface area contributed by atoms with E-state index in [0.29, 0.717) is 18.4 Å². The van der Waals surface area contributed by atoms with Gasteiger partial charge < -0.3 is 10.1 Å². The summed E-state index contributed by atoms with van der Waals surface area (Å²) in [5, 5.41) is 2.88. The van der Waals surface area contributed by atoms with E-state index in [2.05, 4.69) is 26.1 Å². The molecule has 0 radical (unpaired) electrons. The first-order chi connectivity index (χ1) is 6.95. The second-order valence-electron chi connectivity index (χ2n) is 5.11. The van der Waals surface area contributed by atoms with Crippen molar-refractivity contribution in [2.75, 3.05) is 20.3 Å². The Balaban J connectivity index is 3.34. The molecule has 0 heterocycles. The van der Waals surface area contributed by atoms with Gasteiger partial charge >= 0.3 is 0 Å². The molecular weight excluding hydrogens is 190 g/mol. The predicted molar refractivity (Wildman–Crippen MR) is 62.8 cm³/mol. The number of rotatable bonds is 7. The maximum Gasteiger partial charge on any atom is 0.219 e. The molecule has 0 atom stereocenters. The first-order valence-electron chi connectivity index (χ1n) is 5.71. The second-order valence-corrected chi connectivity index (χ2v) is 5.11. The fraction of sp³-hybridized carbons (Fsp3) is 0.917. The van der Waals surface area contributed by atoms with Gasteiger partial charge in [0.15, 0.2) is 0 Å². The Morgan fingerprint density at radius 1 is 1.27 bits per heavy atom. The van der Waals surface area contributed by atoms with Crippen molar-refractivity contribution in [3.8, 4) is 0 Å². The number of amides is 1. The summed E-state index contributed by atoms with van der Waals surface area (Å²) in [6.45, 7) is 8.03. The highest BCUT2D eigenvalue weighted by atomic mass is 16.5. The SMILES string of the molecule is COCCCNC(=O)CCCC(C)(C)C. The van der Waals surface area contributed by atoms with Crippen LogP contribution in [0.4, 0.5) is 0 Å². The van der Waals surface area contributed by atoms with Crippen LogP contribution in [0.2, 0.25) is 0 Å². The molecule has 0 fully saturated rings. The highest BCUT2D eigenvalue weighted by molar-refractivity contribution is 5.75. The zero-order chi connectivity index (χ0) is 11.7. The van der Waals surface area contributed by atoms with Crippen LogP contribution in [0, 0.1) is 5.41 Å². The second kappa shape index (κ2) is 7.69. The standard InChI is InChI=1S/C12H25NO2/c1-12(2,3)8-5-7-11(14)13-9-6-10-15-4/h5-10H2,1-4H3,(H,13,14). The molecule has 15 heavy (non-hydrogen) atoms. The maximum absolute atomic E-state index is 11.3. The van der Waals surface area contributed by atoms with Gasteiger partial charge in [-0.15, -0.1) is 0 Å². The number of carbonyl (C=O) groups is 1. The van der Waals surface area contributed by atoms with E-state index in [1.165, 1.54) is 0 Å². The first kappa shape index (κ1) is 14.4. The van der Waals surface area contributed by atoms with Crippen LogP contribution in [0.3, 0.4) is 0 Å². The van der Waals surface area contributed by atoms with Crippen LogP contribution in [0.1, 0.15) is 46.5 Å². The summed E-state index contributed by atoms with van der Waals surface area (Å²) in [5.74, 6) is 0.162. The predicted octanol–water partition coefficient (Wildman–Crippen LogP) is 2.36. The van der Waals surface area contributed by atoms with E-state index in [1.54, 1.807) is 7.11 Å². The van der Waals surface area contributed by atoms with Gasteiger partial charge in [0, 0.05) is 26.7 Å². The molecule has 0 aliphatic carbocycles. The van der Waals surface area contributed by atoms with Gasteiger partial charge in [-0.1, -0.05) is 20.8 Å². The summed E-state index contributed by atoms with van der Waals surface area (Å²) in [5.41, 5.74) is 0.330. The normalized spacial score (nSPS) is 11.5. The molecule has 0 aliphatic rings. The molecule has 0 saturated heterocycles. The lowest BCUT2D eigenvalue weighted by atomic mass is 9.90. The van der Waals surface area contributed by atoms with Crippen molar-refractivity contribution in [3.05, 3.63) is 0 Å². The summed E-state index contributed by atoms with van der Waals surface area (Å²) in [6, 6.07) is 0. The van der Waals surface area contributed by atoms with E-state index in [4.69, 9.17) is 4.74 Å². The minimum absolute atomic E-state index is 0.162. The minimum Gasteiger partial charge on any atom is -0.385 e. The molecular formula is C12H25NO2. The van der Waals surface area contributed by atoms with Crippen molar-refractivity contribution in [1.29, 1.82) is 0 Å². The van der Waals surface area contributed by atoms with Crippen molar-refractivity contribution in [1.82, 2.24) is 5.32 Å². The van der Waals surface area contributed by atoms with Gasteiger partial charge in [0.25, 0.3) is 0 Å². The van der Waals surface area contributed by atoms with Gasteiger partial charge in [-0.3, -0.25) is 4.79 Å². The van der Waals surface area contributed by atoms with Crippen molar-refractivity contribution in [2.45, 2.75) is 46.5 Å². The van der Waals surface area contributed by atoms with Crippen LogP contribution in [0.25, 0.3) is 0 Å². The summed E-state index contributed by atoms with van der Waals surface area (Å²) < 4.78 is 4.90. The molecule has 1 amide bonds. The average molecular weight is 215 g/mol. The van der Waals surface area contributed by atoms with Crippen molar-refractivity contribution < 1.29 is 9.53 Å². The Labute approximate surface area is 93.6 Å². The van der Waals surface area contributed by atoms with Crippen LogP contribution in [-0.4, -0.2) is 26.2 Å². The van der Waals surface area contributed by atoms with E-state index < -0.39 is 0 Å². The number of carbonyl (C=O) groups excluding carboxylic acids is 1. The van der Waals surface area contributed by atoms with Crippen LogP contribution in [0.15, 0.2) is 0 Å². The molecule has 0 unspecified atom stereocenters. The molecule has 0 aromatic rings. The average Bonchev–Trinajstić information content (AvgIpc) is 2.10. The van der Waals surface area contributed by atoms with Gasteiger partial charge in [0.1, 0.15) is 0 Å². The Kier molecular flexibility index (Phi) is 7.39. The van der Waals surface area contributed by atoms with Crippen LogP contribution >= 0.6 is 0 Å². The fourth-order valence-electron chi connectivity index (χ4n) is 1.31. The summed E-state index contributed by atoms with van der Waals surface area (Å²) >= 11 is 0. The molecule has 90 valence electrons. The maximum atomic E-state index is 11.3. The molecule has 3 nitrogen and oxygen atoms in total. The van der Waals surface area contributed by atoms with Crippen LogP contribution < -0.4 is 5.32 Å². The van der Waals surface area contributed by atoms with E-state index in [9.17, 15) is 4.79 Å².